The number of methoxy groups -OCH3 is 3. The van der Waals surface area contributed by atoms with Crippen molar-refractivity contribution in [1.29, 1.82) is 0 Å². The largest absolute Gasteiger partial charge is 0.496 e. The van der Waals surface area contributed by atoms with E-state index in [1.54, 1.807) is 27.4 Å². The fraction of sp³-hybridized carbons (Fsp3) is 0.632. The van der Waals surface area contributed by atoms with E-state index in [0.717, 1.165) is 12.1 Å². The first kappa shape index (κ1) is 21.1. The fourth-order valence-corrected chi connectivity index (χ4v) is 2.63. The van der Waals surface area contributed by atoms with Crippen LogP contribution in [0, 0.1) is 5.92 Å². The molecule has 0 spiro atoms. The number of benzene rings is 1. The molecule has 1 N–H and O–H groups in total. The molecular weight excluding hydrogens is 320 g/mol. The van der Waals surface area contributed by atoms with Crippen LogP contribution in [0.3, 0.4) is 0 Å². The fourth-order valence-electron chi connectivity index (χ4n) is 2.63. The number of rotatable bonds is 10. The first-order valence-electron chi connectivity index (χ1n) is 8.67. The molecule has 0 radical (unpaired) electrons. The molecule has 1 aromatic carbocycles. The number of hydrogen-bond donors (Lipinski definition) is 1. The summed E-state index contributed by atoms with van der Waals surface area (Å²) in [5.41, 5.74) is 0.841. The highest BCUT2D eigenvalue weighted by molar-refractivity contribution is 5.78. The summed E-state index contributed by atoms with van der Waals surface area (Å²) in [4.78, 5) is 14.5. The summed E-state index contributed by atoms with van der Waals surface area (Å²) in [7, 11) is 4.75. The summed E-state index contributed by atoms with van der Waals surface area (Å²) in [5, 5.41) is 2.96. The van der Waals surface area contributed by atoms with Crippen molar-refractivity contribution in [3.05, 3.63) is 17.7 Å². The highest BCUT2D eigenvalue weighted by Gasteiger charge is 2.19. The zero-order valence-electron chi connectivity index (χ0n) is 16.5. The first-order valence-corrected chi connectivity index (χ1v) is 8.67. The summed E-state index contributed by atoms with van der Waals surface area (Å²) >= 11 is 0. The minimum atomic E-state index is -0.00816. The van der Waals surface area contributed by atoms with Crippen LogP contribution in [-0.4, -0.2) is 51.3 Å². The number of amides is 1. The van der Waals surface area contributed by atoms with Gasteiger partial charge in [-0.1, -0.05) is 20.8 Å². The molecule has 1 aromatic rings. The second kappa shape index (κ2) is 10.1. The maximum Gasteiger partial charge on any atom is 0.234 e. The Morgan fingerprint density at radius 1 is 1.04 bits per heavy atom. The number of carbonyl (C=O) groups excluding carboxylic acids is 1. The summed E-state index contributed by atoms with van der Waals surface area (Å²) in [6.45, 7) is 10.1. The van der Waals surface area contributed by atoms with Crippen molar-refractivity contribution in [3.63, 3.8) is 0 Å². The van der Waals surface area contributed by atoms with Crippen LogP contribution in [0.1, 0.15) is 33.3 Å². The Bertz CT molecular complexity index is 561. The van der Waals surface area contributed by atoms with Crippen LogP contribution >= 0.6 is 0 Å². The Balaban J connectivity index is 2.78. The molecule has 0 aliphatic heterocycles. The quantitative estimate of drug-likeness (QED) is 0.701. The lowest BCUT2D eigenvalue weighted by atomic mass is 10.0. The highest BCUT2D eigenvalue weighted by Crippen LogP contribution is 2.34. The molecule has 0 bridgehead atoms. The van der Waals surface area contributed by atoms with Gasteiger partial charge < -0.3 is 19.5 Å². The van der Waals surface area contributed by atoms with Gasteiger partial charge in [0.05, 0.1) is 27.9 Å². The van der Waals surface area contributed by atoms with E-state index >= 15 is 0 Å². The molecule has 0 saturated carbocycles. The van der Waals surface area contributed by atoms with Crippen molar-refractivity contribution < 1.29 is 19.0 Å². The number of hydrogen-bond acceptors (Lipinski definition) is 5. The molecule has 1 unspecified atom stereocenters. The minimum Gasteiger partial charge on any atom is -0.496 e. The van der Waals surface area contributed by atoms with E-state index < -0.39 is 0 Å². The molecule has 25 heavy (non-hydrogen) atoms. The van der Waals surface area contributed by atoms with Gasteiger partial charge in [-0.05, 0) is 25.5 Å². The predicted molar refractivity (Wildman–Crippen MR) is 99.5 cm³/mol. The lowest BCUT2D eigenvalue weighted by Crippen LogP contribution is -2.43. The molecule has 6 heteroatoms. The van der Waals surface area contributed by atoms with Gasteiger partial charge in [-0.15, -0.1) is 0 Å². The lowest BCUT2D eigenvalue weighted by molar-refractivity contribution is -0.123. The van der Waals surface area contributed by atoms with Gasteiger partial charge in [-0.25, -0.2) is 0 Å². The summed E-state index contributed by atoms with van der Waals surface area (Å²) in [5.74, 6) is 2.35. The number of nitrogens with one attached hydrogen (secondary N) is 1. The lowest BCUT2D eigenvalue weighted by Gasteiger charge is -2.30. The predicted octanol–water partition coefficient (Wildman–Crippen LogP) is 2.70. The molecule has 1 rings (SSSR count). The van der Waals surface area contributed by atoms with Gasteiger partial charge in [0.2, 0.25) is 5.91 Å². The molecule has 6 nitrogen and oxygen atoms in total. The van der Waals surface area contributed by atoms with E-state index in [4.69, 9.17) is 14.2 Å². The van der Waals surface area contributed by atoms with Crippen molar-refractivity contribution in [2.75, 3.05) is 34.4 Å². The Hall–Kier alpha value is -1.95. The Labute approximate surface area is 151 Å². The minimum absolute atomic E-state index is 0.00816. The van der Waals surface area contributed by atoms with E-state index in [2.05, 4.69) is 37.9 Å². The summed E-state index contributed by atoms with van der Waals surface area (Å²) in [6, 6.07) is 3.94. The van der Waals surface area contributed by atoms with Crippen molar-refractivity contribution in [2.24, 2.45) is 5.92 Å². The van der Waals surface area contributed by atoms with Crippen LogP contribution in [-0.2, 0) is 11.3 Å². The van der Waals surface area contributed by atoms with E-state index in [1.807, 2.05) is 6.07 Å². The monoisotopic (exact) mass is 352 g/mol. The molecule has 0 aliphatic carbocycles. The zero-order chi connectivity index (χ0) is 19.0. The molecule has 0 fully saturated rings. The Morgan fingerprint density at radius 2 is 1.60 bits per heavy atom. The second-order valence-corrected chi connectivity index (χ2v) is 6.34. The van der Waals surface area contributed by atoms with Gasteiger partial charge in [-0.3, -0.25) is 9.69 Å². The third kappa shape index (κ3) is 5.81. The zero-order valence-corrected chi connectivity index (χ0v) is 16.5. The third-order valence-electron chi connectivity index (χ3n) is 4.56. The number of carbonyl (C=O) groups is 1. The van der Waals surface area contributed by atoms with Crippen LogP contribution < -0.4 is 19.5 Å². The maximum atomic E-state index is 12.3. The highest BCUT2D eigenvalue weighted by atomic mass is 16.5. The molecular formula is C19H32N2O4. The Morgan fingerprint density at radius 3 is 2.08 bits per heavy atom. The van der Waals surface area contributed by atoms with Gasteiger partial charge in [0.15, 0.2) is 11.5 Å². The maximum absolute atomic E-state index is 12.3. The van der Waals surface area contributed by atoms with Crippen molar-refractivity contribution in [1.82, 2.24) is 10.2 Å². The number of nitrogens with zero attached hydrogens (tertiary/aromatic N) is 1. The van der Waals surface area contributed by atoms with E-state index in [1.165, 1.54) is 0 Å². The topological polar surface area (TPSA) is 60.0 Å². The van der Waals surface area contributed by atoms with E-state index in [-0.39, 0.29) is 5.91 Å². The van der Waals surface area contributed by atoms with E-state index in [0.29, 0.717) is 42.3 Å². The molecule has 0 aromatic heterocycles. The van der Waals surface area contributed by atoms with E-state index in [9.17, 15) is 4.79 Å². The SMILES string of the molecule is CCN(CC(=O)NCc1cc(OC)c(OC)cc1OC)C(C)C(C)C. The normalized spacial score (nSPS) is 12.2. The second-order valence-electron chi connectivity index (χ2n) is 6.34. The van der Waals surface area contributed by atoms with Gasteiger partial charge in [-0.2, -0.15) is 0 Å². The van der Waals surface area contributed by atoms with Crippen molar-refractivity contribution in [3.8, 4) is 17.2 Å². The van der Waals surface area contributed by atoms with Crippen LogP contribution in [0.15, 0.2) is 12.1 Å². The third-order valence-corrected chi connectivity index (χ3v) is 4.56. The molecule has 1 atom stereocenters. The summed E-state index contributed by atoms with van der Waals surface area (Å²) in [6.07, 6.45) is 0. The van der Waals surface area contributed by atoms with Gasteiger partial charge in [0, 0.05) is 24.2 Å². The summed E-state index contributed by atoms with van der Waals surface area (Å²) < 4.78 is 16.0. The first-order chi connectivity index (χ1) is 11.9. The molecule has 0 saturated heterocycles. The average molecular weight is 352 g/mol. The number of likely N-dealkylation sites (N-methyl/N-ethyl adjacent to an activating group) is 1. The van der Waals surface area contributed by atoms with Gasteiger partial charge in [0.1, 0.15) is 5.75 Å². The average Bonchev–Trinajstić information content (AvgIpc) is 2.62. The van der Waals surface area contributed by atoms with Crippen molar-refractivity contribution >= 4 is 5.91 Å². The van der Waals surface area contributed by atoms with Crippen molar-refractivity contribution in [2.45, 2.75) is 40.3 Å². The Kier molecular flexibility index (Phi) is 8.55. The molecule has 0 heterocycles. The van der Waals surface area contributed by atoms with Crippen LogP contribution in [0.5, 0.6) is 17.2 Å². The number of ether oxygens (including phenoxy) is 3. The standard InChI is InChI=1S/C19H32N2O4/c1-8-21(14(4)13(2)3)12-19(22)20-11-15-9-17(24-6)18(25-7)10-16(15)23-5/h9-10,13-14H,8,11-12H2,1-7H3,(H,20,22). The van der Waals surface area contributed by atoms with Crippen LogP contribution in [0.2, 0.25) is 0 Å². The molecule has 142 valence electrons. The van der Waals surface area contributed by atoms with Gasteiger partial charge >= 0.3 is 0 Å². The van der Waals surface area contributed by atoms with Gasteiger partial charge in [0.25, 0.3) is 0 Å². The smallest absolute Gasteiger partial charge is 0.234 e. The molecule has 1 amide bonds. The van der Waals surface area contributed by atoms with Crippen LogP contribution in [0.4, 0.5) is 0 Å². The van der Waals surface area contributed by atoms with Crippen LogP contribution in [0.25, 0.3) is 0 Å². The molecule has 0 aliphatic rings.